The minimum absolute atomic E-state index is 0. The summed E-state index contributed by atoms with van der Waals surface area (Å²) >= 11 is 0. The van der Waals surface area contributed by atoms with Gasteiger partial charge in [0.15, 0.2) is 5.97 Å². The van der Waals surface area contributed by atoms with Gasteiger partial charge in [0.25, 0.3) is 0 Å². The molecule has 0 aromatic rings. The van der Waals surface area contributed by atoms with Crippen molar-refractivity contribution in [1.82, 2.24) is 0 Å². The van der Waals surface area contributed by atoms with Crippen molar-refractivity contribution in [2.45, 2.75) is 6.92 Å². The minimum Gasteiger partial charge on any atom is -0.503 e. The number of carboxylic acid groups (broad SMARTS) is 1. The van der Waals surface area contributed by atoms with Gasteiger partial charge in [-0.05, 0) is 6.92 Å². The van der Waals surface area contributed by atoms with Gasteiger partial charge in [0.1, 0.15) is 0 Å². The van der Waals surface area contributed by atoms with Crippen LogP contribution in [0.2, 0.25) is 0 Å². The third-order valence-corrected chi connectivity index (χ3v) is 0.270. The van der Waals surface area contributed by atoms with Crippen LogP contribution < -0.4 is 0 Å². The molecule has 0 atom stereocenters. The maximum Gasteiger partial charge on any atom is 0.161 e. The van der Waals surface area contributed by atoms with E-state index in [-0.39, 0.29) is 39.3 Å². The number of carboxylic acids is 1. The van der Waals surface area contributed by atoms with Crippen LogP contribution >= 0.6 is 0 Å². The van der Waals surface area contributed by atoms with E-state index in [9.17, 15) is 0 Å². The van der Waals surface area contributed by atoms with Gasteiger partial charge in [-0.25, -0.2) is 0 Å². The third-order valence-electron chi connectivity index (χ3n) is 0.270. The van der Waals surface area contributed by atoms with Crippen molar-refractivity contribution in [3.05, 3.63) is 19.1 Å². The molecule has 0 aliphatic heterocycles. The van der Waals surface area contributed by atoms with Gasteiger partial charge in [-0.3, -0.25) is 11.7 Å². The molecule has 0 rings (SSSR count). The average molecular weight is 220 g/mol. The van der Waals surface area contributed by atoms with Crippen molar-refractivity contribution < 1.29 is 47.7 Å². The Balaban J connectivity index is -0.0000000910. The van der Waals surface area contributed by atoms with Crippen LogP contribution in [0.4, 0.5) is 0 Å². The van der Waals surface area contributed by atoms with E-state index in [0.29, 0.717) is 0 Å². The van der Waals surface area contributed by atoms with E-state index in [1.54, 1.807) is 6.92 Å². The monoisotopic (exact) mass is 220 g/mol. The average Bonchev–Trinajstić information content (AvgIpc) is 1.65. The van der Waals surface area contributed by atoms with E-state index in [1.165, 1.54) is 0 Å². The van der Waals surface area contributed by atoms with Crippen LogP contribution in [0.3, 0.4) is 0 Å². The molecule has 1 radical (unpaired) electrons. The zero-order valence-corrected chi connectivity index (χ0v) is 8.84. The number of aliphatic hydroxyl groups excluding tert-OH is 1. The van der Waals surface area contributed by atoms with E-state index < -0.39 is 5.97 Å². The van der Waals surface area contributed by atoms with E-state index in [2.05, 4.69) is 13.5 Å². The molecule has 3 nitrogen and oxygen atoms in total. The number of aliphatic hydroxyl groups is 1. The van der Waals surface area contributed by atoms with Crippen molar-refractivity contribution in [2.24, 2.45) is 0 Å². The Labute approximate surface area is 86.0 Å². The predicted molar refractivity (Wildman–Crippen MR) is 34.9 cm³/mol. The van der Waals surface area contributed by atoms with Crippen LogP contribution in [-0.2, 0) is 37.5 Å². The van der Waals surface area contributed by atoms with Crippen LogP contribution in [0.15, 0.2) is 12.2 Å². The first-order valence-electron chi connectivity index (χ1n) is 2.30. The summed E-state index contributed by atoms with van der Waals surface area (Å²) in [4.78, 5) is 8.89. The summed E-state index contributed by atoms with van der Waals surface area (Å²) in [6.45, 7) is 7.87. The van der Waals surface area contributed by atoms with Gasteiger partial charge < -0.3 is 10.2 Å². The Morgan fingerprint density at radius 3 is 1.80 bits per heavy atom. The molecular formula is C6H11O3Y-. The van der Waals surface area contributed by atoms with Crippen molar-refractivity contribution in [3.63, 3.8) is 0 Å². The SMILES string of the molecule is C=C(C)CO.[CH2-]C(=O)O.[Y]. The Hall–Kier alpha value is 0.144. The second-order valence-corrected chi connectivity index (χ2v) is 1.51. The zero-order valence-electron chi connectivity index (χ0n) is 6.00. The van der Waals surface area contributed by atoms with E-state index in [0.717, 1.165) is 5.57 Å². The number of hydrogen-bond donors (Lipinski definition) is 2. The molecule has 0 aromatic heterocycles. The number of rotatable bonds is 1. The first-order valence-corrected chi connectivity index (χ1v) is 2.30. The molecule has 0 fully saturated rings. The van der Waals surface area contributed by atoms with Crippen molar-refractivity contribution in [1.29, 1.82) is 0 Å². The fourth-order valence-corrected chi connectivity index (χ4v) is 0. The number of hydrogen-bond acceptors (Lipinski definition) is 2. The Morgan fingerprint density at radius 2 is 1.80 bits per heavy atom. The van der Waals surface area contributed by atoms with Gasteiger partial charge >= 0.3 is 0 Å². The standard InChI is InChI=1S/C4H8O.C2H3O2.Y/c1-4(2)3-5;1-2(3)4;/h5H,1,3H2,2H3;1H2,(H,3,4);/q;-1;. The van der Waals surface area contributed by atoms with Crippen molar-refractivity contribution in [2.75, 3.05) is 6.61 Å². The topological polar surface area (TPSA) is 57.5 Å². The van der Waals surface area contributed by atoms with Gasteiger partial charge in [0.2, 0.25) is 0 Å². The molecule has 0 saturated carbocycles. The second-order valence-electron chi connectivity index (χ2n) is 1.51. The first-order chi connectivity index (χ1) is 4.00. The van der Waals surface area contributed by atoms with E-state index in [4.69, 9.17) is 15.0 Å². The summed E-state index contributed by atoms with van der Waals surface area (Å²) in [5.74, 6) is -1.08. The van der Waals surface area contributed by atoms with Crippen molar-refractivity contribution in [3.8, 4) is 0 Å². The predicted octanol–water partition coefficient (Wildman–Crippen LogP) is 0.457. The van der Waals surface area contributed by atoms with E-state index in [1.807, 2.05) is 0 Å². The smallest absolute Gasteiger partial charge is 0.161 e. The third kappa shape index (κ3) is 90.4. The normalized spacial score (nSPS) is 6.20. The summed E-state index contributed by atoms with van der Waals surface area (Å²) in [5, 5.41) is 15.3. The van der Waals surface area contributed by atoms with Gasteiger partial charge in [0.05, 0.1) is 6.61 Å². The molecule has 0 bridgehead atoms. The van der Waals surface area contributed by atoms with Gasteiger partial charge in [-0.1, -0.05) is 12.2 Å². The molecule has 0 aromatic carbocycles. The molecule has 4 heteroatoms. The van der Waals surface area contributed by atoms with Gasteiger partial charge in [-0.15, -0.1) is 0 Å². The summed E-state index contributed by atoms with van der Waals surface area (Å²) in [5.41, 5.74) is 0.810. The Kier molecular flexibility index (Phi) is 19.7. The molecule has 0 saturated heterocycles. The van der Waals surface area contributed by atoms with Gasteiger partial charge in [-0.2, -0.15) is 0 Å². The molecule has 0 aliphatic carbocycles. The Bertz CT molecular complexity index is 97.2. The molecule has 0 spiro atoms. The quantitative estimate of drug-likeness (QED) is 0.498. The molecule has 2 N–H and O–H groups in total. The summed E-state index contributed by atoms with van der Waals surface area (Å²) in [7, 11) is 0. The number of carbonyl (C=O) groups is 1. The molecular weight excluding hydrogens is 209 g/mol. The maximum atomic E-state index is 8.89. The van der Waals surface area contributed by atoms with Crippen LogP contribution in [0.1, 0.15) is 6.92 Å². The zero-order chi connectivity index (χ0) is 7.86. The van der Waals surface area contributed by atoms with Crippen LogP contribution in [0.5, 0.6) is 0 Å². The largest absolute Gasteiger partial charge is 0.503 e. The molecule has 57 valence electrons. The fourth-order valence-electron chi connectivity index (χ4n) is 0. The molecule has 10 heavy (non-hydrogen) atoms. The fraction of sp³-hybridized carbons (Fsp3) is 0.333. The summed E-state index contributed by atoms with van der Waals surface area (Å²) in [6, 6.07) is 0. The summed E-state index contributed by atoms with van der Waals surface area (Å²) in [6.07, 6.45) is 0. The summed E-state index contributed by atoms with van der Waals surface area (Å²) < 4.78 is 0. The maximum absolute atomic E-state index is 8.89. The Morgan fingerprint density at radius 1 is 1.70 bits per heavy atom. The van der Waals surface area contributed by atoms with Gasteiger partial charge in [0, 0.05) is 32.7 Å². The molecule has 0 unspecified atom stereocenters. The molecule has 0 aliphatic rings. The van der Waals surface area contributed by atoms with E-state index >= 15 is 0 Å². The van der Waals surface area contributed by atoms with Crippen LogP contribution in [0.25, 0.3) is 0 Å². The number of aliphatic carboxylic acids is 1. The molecule has 0 amide bonds. The minimum atomic E-state index is -1.08. The van der Waals surface area contributed by atoms with Crippen LogP contribution in [-0.4, -0.2) is 22.8 Å². The molecule has 0 heterocycles. The van der Waals surface area contributed by atoms with Crippen LogP contribution in [0, 0.1) is 6.92 Å². The first kappa shape index (κ1) is 16.6. The van der Waals surface area contributed by atoms with Crippen molar-refractivity contribution >= 4 is 5.97 Å². The second kappa shape index (κ2) is 11.9.